The zero-order valence-corrected chi connectivity index (χ0v) is 13.5. The van der Waals surface area contributed by atoms with Gasteiger partial charge in [-0.15, -0.1) is 0 Å². The Morgan fingerprint density at radius 1 is 1.09 bits per heavy atom. The molecule has 0 aliphatic rings. The van der Waals surface area contributed by atoms with Gasteiger partial charge in [0.1, 0.15) is 5.82 Å². The fourth-order valence-corrected chi connectivity index (χ4v) is 2.63. The van der Waals surface area contributed by atoms with Crippen LogP contribution in [0.1, 0.15) is 40.8 Å². The third kappa shape index (κ3) is 3.73. The van der Waals surface area contributed by atoms with Crippen molar-refractivity contribution in [1.82, 2.24) is 5.32 Å². The summed E-state index contributed by atoms with van der Waals surface area (Å²) in [5.74, 6) is -0.511. The average molecular weight is 299 g/mol. The van der Waals surface area contributed by atoms with E-state index in [9.17, 15) is 9.18 Å². The first-order chi connectivity index (χ1) is 10.4. The van der Waals surface area contributed by atoms with Crippen LogP contribution in [0.4, 0.5) is 4.39 Å². The van der Waals surface area contributed by atoms with Crippen LogP contribution in [0, 0.1) is 26.6 Å². The number of amides is 1. The second-order valence-electron chi connectivity index (χ2n) is 5.85. The van der Waals surface area contributed by atoms with Crippen molar-refractivity contribution < 1.29 is 9.18 Å². The molecule has 0 saturated carbocycles. The van der Waals surface area contributed by atoms with E-state index in [1.807, 2.05) is 13.8 Å². The minimum atomic E-state index is -0.340. The maximum atomic E-state index is 13.6. The molecule has 0 aromatic heterocycles. The molecular weight excluding hydrogens is 277 g/mol. The highest BCUT2D eigenvalue weighted by Gasteiger charge is 2.14. The van der Waals surface area contributed by atoms with Gasteiger partial charge in [0.25, 0.3) is 0 Å². The van der Waals surface area contributed by atoms with Crippen LogP contribution in [-0.2, 0) is 11.2 Å². The van der Waals surface area contributed by atoms with Crippen molar-refractivity contribution in [3.05, 3.63) is 70.0 Å². The van der Waals surface area contributed by atoms with Crippen molar-refractivity contribution in [2.24, 2.45) is 0 Å². The van der Waals surface area contributed by atoms with Gasteiger partial charge in [0.05, 0.1) is 12.5 Å². The topological polar surface area (TPSA) is 29.1 Å². The van der Waals surface area contributed by atoms with E-state index in [1.54, 1.807) is 18.2 Å². The summed E-state index contributed by atoms with van der Waals surface area (Å²) < 4.78 is 13.6. The summed E-state index contributed by atoms with van der Waals surface area (Å²) in [6.45, 7) is 8.14. The fraction of sp³-hybridized carbons (Fsp3) is 0.316. The van der Waals surface area contributed by atoms with E-state index in [4.69, 9.17) is 0 Å². The Morgan fingerprint density at radius 2 is 1.73 bits per heavy atom. The summed E-state index contributed by atoms with van der Waals surface area (Å²) in [7, 11) is 0. The Kier molecular flexibility index (Phi) is 4.96. The molecule has 0 aliphatic carbocycles. The third-order valence-electron chi connectivity index (χ3n) is 4.04. The number of carbonyl (C=O) groups excluding carboxylic acids is 1. The van der Waals surface area contributed by atoms with Gasteiger partial charge in [-0.25, -0.2) is 4.39 Å². The lowest BCUT2D eigenvalue weighted by Gasteiger charge is -2.18. The largest absolute Gasteiger partial charge is 0.349 e. The molecule has 116 valence electrons. The number of benzene rings is 2. The summed E-state index contributed by atoms with van der Waals surface area (Å²) in [4.78, 5) is 12.1. The van der Waals surface area contributed by atoms with E-state index in [0.717, 1.165) is 11.1 Å². The van der Waals surface area contributed by atoms with Gasteiger partial charge in [-0.3, -0.25) is 4.79 Å². The van der Waals surface area contributed by atoms with Crippen LogP contribution in [0.5, 0.6) is 0 Å². The zero-order chi connectivity index (χ0) is 16.3. The lowest BCUT2D eigenvalue weighted by molar-refractivity contribution is -0.121. The maximum Gasteiger partial charge on any atom is 0.225 e. The van der Waals surface area contributed by atoms with Crippen molar-refractivity contribution in [2.45, 2.75) is 40.2 Å². The molecule has 0 fully saturated rings. The number of carbonyl (C=O) groups is 1. The quantitative estimate of drug-likeness (QED) is 0.902. The molecule has 0 saturated heterocycles. The molecule has 22 heavy (non-hydrogen) atoms. The van der Waals surface area contributed by atoms with Crippen LogP contribution >= 0.6 is 0 Å². The summed E-state index contributed by atoms with van der Waals surface area (Å²) in [6.07, 6.45) is 0.0565. The Bertz CT molecular complexity index is 694. The lowest BCUT2D eigenvalue weighted by atomic mass is 9.96. The standard InChI is InChI=1S/C19H22FNO/c1-12-9-14(3)17(10-13(12)2)15(4)21-19(22)11-16-7-5-6-8-18(16)20/h5-10,15H,11H2,1-4H3,(H,21,22). The molecule has 0 aliphatic heterocycles. The average Bonchev–Trinajstić information content (AvgIpc) is 2.45. The molecule has 1 atom stereocenters. The van der Waals surface area contributed by atoms with Gasteiger partial charge in [0, 0.05) is 0 Å². The van der Waals surface area contributed by atoms with Crippen LogP contribution in [-0.4, -0.2) is 5.91 Å². The monoisotopic (exact) mass is 299 g/mol. The minimum Gasteiger partial charge on any atom is -0.349 e. The van der Waals surface area contributed by atoms with Gasteiger partial charge in [-0.05, 0) is 61.6 Å². The van der Waals surface area contributed by atoms with Crippen molar-refractivity contribution in [3.8, 4) is 0 Å². The van der Waals surface area contributed by atoms with Gasteiger partial charge in [0.2, 0.25) is 5.91 Å². The zero-order valence-electron chi connectivity index (χ0n) is 13.5. The van der Waals surface area contributed by atoms with E-state index < -0.39 is 0 Å². The molecule has 2 nitrogen and oxygen atoms in total. The number of rotatable bonds is 4. The van der Waals surface area contributed by atoms with Gasteiger partial charge < -0.3 is 5.32 Å². The highest BCUT2D eigenvalue weighted by molar-refractivity contribution is 5.79. The Morgan fingerprint density at radius 3 is 2.41 bits per heavy atom. The molecule has 0 spiro atoms. The number of nitrogens with one attached hydrogen (secondary N) is 1. The predicted octanol–water partition coefficient (Wildman–Crippen LogP) is 4.17. The van der Waals surface area contributed by atoms with Crippen molar-refractivity contribution in [1.29, 1.82) is 0 Å². The fourth-order valence-electron chi connectivity index (χ4n) is 2.63. The summed E-state index contributed by atoms with van der Waals surface area (Å²) >= 11 is 0. The molecule has 1 amide bonds. The molecule has 0 radical (unpaired) electrons. The Labute approximate surface area is 131 Å². The molecule has 0 heterocycles. The maximum absolute atomic E-state index is 13.6. The first kappa shape index (κ1) is 16.2. The smallest absolute Gasteiger partial charge is 0.225 e. The lowest BCUT2D eigenvalue weighted by Crippen LogP contribution is -2.28. The van der Waals surface area contributed by atoms with Crippen LogP contribution in [0.2, 0.25) is 0 Å². The highest BCUT2D eigenvalue weighted by atomic mass is 19.1. The summed E-state index contributed by atoms with van der Waals surface area (Å²) in [6, 6.07) is 10.5. The summed E-state index contributed by atoms with van der Waals surface area (Å²) in [5, 5.41) is 2.95. The first-order valence-electron chi connectivity index (χ1n) is 7.49. The molecule has 3 heteroatoms. The number of hydrogen-bond donors (Lipinski definition) is 1. The second kappa shape index (κ2) is 6.73. The number of halogens is 1. The van der Waals surface area contributed by atoms with E-state index in [0.29, 0.717) is 5.56 Å². The van der Waals surface area contributed by atoms with Gasteiger partial charge in [-0.2, -0.15) is 0 Å². The SMILES string of the molecule is Cc1cc(C)c(C(C)NC(=O)Cc2ccccc2F)cc1C. The molecule has 1 unspecified atom stereocenters. The van der Waals surface area contributed by atoms with Crippen LogP contribution in [0.25, 0.3) is 0 Å². The molecule has 2 rings (SSSR count). The van der Waals surface area contributed by atoms with Gasteiger partial charge >= 0.3 is 0 Å². The van der Waals surface area contributed by atoms with E-state index in [-0.39, 0.29) is 24.2 Å². The van der Waals surface area contributed by atoms with Crippen molar-refractivity contribution in [2.75, 3.05) is 0 Å². The van der Waals surface area contributed by atoms with Crippen LogP contribution in [0.15, 0.2) is 36.4 Å². The molecule has 2 aromatic rings. The molecular formula is C19H22FNO. The van der Waals surface area contributed by atoms with Gasteiger partial charge in [-0.1, -0.05) is 30.3 Å². The summed E-state index contributed by atoms with van der Waals surface area (Å²) in [5.41, 5.74) is 5.12. The normalized spacial score (nSPS) is 12.0. The molecule has 1 N–H and O–H groups in total. The van der Waals surface area contributed by atoms with Crippen LogP contribution in [0.3, 0.4) is 0 Å². The number of hydrogen-bond acceptors (Lipinski definition) is 1. The molecule has 2 aromatic carbocycles. The second-order valence-corrected chi connectivity index (χ2v) is 5.85. The van der Waals surface area contributed by atoms with E-state index in [1.165, 1.54) is 17.2 Å². The van der Waals surface area contributed by atoms with Gasteiger partial charge in [0.15, 0.2) is 0 Å². The minimum absolute atomic E-state index is 0.0565. The van der Waals surface area contributed by atoms with E-state index >= 15 is 0 Å². The van der Waals surface area contributed by atoms with E-state index in [2.05, 4.69) is 31.3 Å². The predicted molar refractivity (Wildman–Crippen MR) is 87.3 cm³/mol. The molecule has 0 bridgehead atoms. The third-order valence-corrected chi connectivity index (χ3v) is 4.04. The Hall–Kier alpha value is -2.16. The van der Waals surface area contributed by atoms with Crippen LogP contribution < -0.4 is 5.32 Å². The highest BCUT2D eigenvalue weighted by Crippen LogP contribution is 2.21. The van der Waals surface area contributed by atoms with Crippen molar-refractivity contribution >= 4 is 5.91 Å². The van der Waals surface area contributed by atoms with Crippen molar-refractivity contribution in [3.63, 3.8) is 0 Å². The number of aryl methyl sites for hydroxylation is 3. The Balaban J connectivity index is 2.09. The first-order valence-corrected chi connectivity index (χ1v) is 7.49.